The lowest BCUT2D eigenvalue weighted by atomic mass is 10.1. The van der Waals surface area contributed by atoms with Gasteiger partial charge in [-0.25, -0.2) is 0 Å². The number of nitrogens with one attached hydrogen (secondary N) is 1. The van der Waals surface area contributed by atoms with E-state index < -0.39 is 0 Å². The number of rotatable bonds is 3. The molecule has 3 aromatic rings. The molecule has 22 heavy (non-hydrogen) atoms. The van der Waals surface area contributed by atoms with Crippen LogP contribution in [0.4, 0.5) is 5.69 Å². The topological polar surface area (TPSA) is 54.9 Å². The van der Waals surface area contributed by atoms with Gasteiger partial charge >= 0.3 is 0 Å². The SMILES string of the molecule is O=C(Nc1ccc(Br)cc1)c1ccc(-c2ccccc2)nn1. The molecule has 2 aromatic carbocycles. The maximum atomic E-state index is 12.1. The average molecular weight is 354 g/mol. The number of hydrogen-bond donors (Lipinski definition) is 1. The van der Waals surface area contributed by atoms with Gasteiger partial charge in [-0.15, -0.1) is 10.2 Å². The van der Waals surface area contributed by atoms with Gasteiger partial charge in [0.2, 0.25) is 0 Å². The van der Waals surface area contributed by atoms with Crippen LogP contribution in [0.15, 0.2) is 71.2 Å². The van der Waals surface area contributed by atoms with Gasteiger partial charge in [0, 0.05) is 15.7 Å². The van der Waals surface area contributed by atoms with Crippen molar-refractivity contribution >= 4 is 27.5 Å². The van der Waals surface area contributed by atoms with Crippen molar-refractivity contribution in [1.82, 2.24) is 10.2 Å². The van der Waals surface area contributed by atoms with Crippen molar-refractivity contribution in [2.24, 2.45) is 0 Å². The molecule has 0 saturated heterocycles. The molecule has 0 aliphatic carbocycles. The highest BCUT2D eigenvalue weighted by Gasteiger charge is 2.09. The van der Waals surface area contributed by atoms with Crippen molar-refractivity contribution in [3.8, 4) is 11.3 Å². The molecular formula is C17H12BrN3O. The Hall–Kier alpha value is -2.53. The van der Waals surface area contributed by atoms with Crippen molar-refractivity contribution < 1.29 is 4.79 Å². The molecular weight excluding hydrogens is 342 g/mol. The number of hydrogen-bond acceptors (Lipinski definition) is 3. The minimum atomic E-state index is -0.283. The molecule has 5 heteroatoms. The molecule has 3 rings (SSSR count). The first-order valence-electron chi connectivity index (χ1n) is 6.68. The normalized spacial score (nSPS) is 10.2. The fourth-order valence-corrected chi connectivity index (χ4v) is 2.21. The van der Waals surface area contributed by atoms with Crippen LogP contribution in [-0.4, -0.2) is 16.1 Å². The molecule has 1 N–H and O–H groups in total. The number of halogens is 1. The van der Waals surface area contributed by atoms with Crippen LogP contribution < -0.4 is 5.32 Å². The van der Waals surface area contributed by atoms with Crippen LogP contribution in [0.25, 0.3) is 11.3 Å². The number of carbonyl (C=O) groups excluding carboxylic acids is 1. The van der Waals surface area contributed by atoms with Gasteiger partial charge in [0.15, 0.2) is 5.69 Å². The smallest absolute Gasteiger partial charge is 0.276 e. The van der Waals surface area contributed by atoms with E-state index in [2.05, 4.69) is 31.4 Å². The first-order chi connectivity index (χ1) is 10.7. The molecule has 0 bridgehead atoms. The number of aromatic nitrogens is 2. The molecule has 1 heterocycles. The number of nitrogens with zero attached hydrogens (tertiary/aromatic N) is 2. The second-order valence-electron chi connectivity index (χ2n) is 4.63. The maximum Gasteiger partial charge on any atom is 0.276 e. The Labute approximate surface area is 136 Å². The van der Waals surface area contributed by atoms with E-state index in [4.69, 9.17) is 0 Å². The molecule has 0 unspecified atom stereocenters. The second kappa shape index (κ2) is 6.49. The quantitative estimate of drug-likeness (QED) is 0.769. The molecule has 0 aliphatic heterocycles. The first kappa shape index (κ1) is 14.4. The lowest BCUT2D eigenvalue weighted by Crippen LogP contribution is -2.14. The molecule has 108 valence electrons. The lowest BCUT2D eigenvalue weighted by Gasteiger charge is -2.05. The van der Waals surface area contributed by atoms with E-state index in [-0.39, 0.29) is 11.6 Å². The summed E-state index contributed by atoms with van der Waals surface area (Å²) in [4.78, 5) is 12.1. The van der Waals surface area contributed by atoms with E-state index in [1.54, 1.807) is 12.1 Å². The highest BCUT2D eigenvalue weighted by atomic mass is 79.9. The zero-order valence-electron chi connectivity index (χ0n) is 11.5. The second-order valence-corrected chi connectivity index (χ2v) is 5.55. The Kier molecular flexibility index (Phi) is 4.25. The molecule has 1 amide bonds. The minimum absolute atomic E-state index is 0.280. The lowest BCUT2D eigenvalue weighted by molar-refractivity contribution is 0.102. The summed E-state index contributed by atoms with van der Waals surface area (Å²) in [6.45, 7) is 0. The fourth-order valence-electron chi connectivity index (χ4n) is 1.94. The largest absolute Gasteiger partial charge is 0.321 e. The predicted molar refractivity (Wildman–Crippen MR) is 89.6 cm³/mol. The van der Waals surface area contributed by atoms with E-state index in [9.17, 15) is 4.79 Å². The van der Waals surface area contributed by atoms with Gasteiger partial charge in [0.25, 0.3) is 5.91 Å². The summed E-state index contributed by atoms with van der Waals surface area (Å²) in [5, 5.41) is 10.9. The van der Waals surface area contributed by atoms with Gasteiger partial charge in [-0.2, -0.15) is 0 Å². The third-order valence-corrected chi connectivity index (χ3v) is 3.60. The molecule has 0 atom stereocenters. The van der Waals surface area contributed by atoms with E-state index in [0.29, 0.717) is 5.69 Å². The molecule has 4 nitrogen and oxygen atoms in total. The number of anilines is 1. The average Bonchev–Trinajstić information content (AvgIpc) is 2.58. The monoisotopic (exact) mass is 353 g/mol. The molecule has 0 spiro atoms. The zero-order valence-corrected chi connectivity index (χ0v) is 13.1. The highest BCUT2D eigenvalue weighted by molar-refractivity contribution is 9.10. The van der Waals surface area contributed by atoms with Crippen LogP contribution in [0.3, 0.4) is 0 Å². The Balaban J connectivity index is 1.75. The zero-order chi connectivity index (χ0) is 15.4. The van der Waals surface area contributed by atoms with Gasteiger partial charge in [-0.3, -0.25) is 4.79 Å². The summed E-state index contributed by atoms with van der Waals surface area (Å²) < 4.78 is 0.956. The third kappa shape index (κ3) is 3.38. The van der Waals surface area contributed by atoms with E-state index >= 15 is 0 Å². The summed E-state index contributed by atoms with van der Waals surface area (Å²) in [5.74, 6) is -0.283. The Bertz CT molecular complexity index is 771. The van der Waals surface area contributed by atoms with Crippen LogP contribution in [-0.2, 0) is 0 Å². The number of amides is 1. The van der Waals surface area contributed by atoms with Crippen LogP contribution in [0, 0.1) is 0 Å². The van der Waals surface area contributed by atoms with Crippen molar-refractivity contribution in [3.05, 3.63) is 76.9 Å². The van der Waals surface area contributed by atoms with Crippen LogP contribution in [0.2, 0.25) is 0 Å². The van der Waals surface area contributed by atoms with Gasteiger partial charge < -0.3 is 5.32 Å². The highest BCUT2D eigenvalue weighted by Crippen LogP contribution is 2.17. The summed E-state index contributed by atoms with van der Waals surface area (Å²) >= 11 is 3.35. The Morgan fingerprint density at radius 1 is 0.864 bits per heavy atom. The van der Waals surface area contributed by atoms with Gasteiger partial charge in [0.1, 0.15) is 0 Å². The van der Waals surface area contributed by atoms with Crippen molar-refractivity contribution in [1.29, 1.82) is 0 Å². The van der Waals surface area contributed by atoms with Gasteiger partial charge in [-0.1, -0.05) is 46.3 Å². The van der Waals surface area contributed by atoms with E-state index in [0.717, 1.165) is 15.7 Å². The summed E-state index contributed by atoms with van der Waals surface area (Å²) in [6, 6.07) is 20.5. The minimum Gasteiger partial charge on any atom is -0.321 e. The molecule has 1 aromatic heterocycles. The number of benzene rings is 2. The van der Waals surface area contributed by atoms with Gasteiger partial charge in [0.05, 0.1) is 5.69 Å². The molecule has 0 saturated carbocycles. The third-order valence-electron chi connectivity index (χ3n) is 3.07. The van der Waals surface area contributed by atoms with Crippen LogP contribution >= 0.6 is 15.9 Å². The Morgan fingerprint density at radius 2 is 1.59 bits per heavy atom. The Morgan fingerprint density at radius 3 is 2.23 bits per heavy atom. The summed E-state index contributed by atoms with van der Waals surface area (Å²) in [7, 11) is 0. The fraction of sp³-hybridized carbons (Fsp3) is 0. The van der Waals surface area contributed by atoms with E-state index in [1.807, 2.05) is 54.6 Å². The van der Waals surface area contributed by atoms with Crippen molar-refractivity contribution in [2.75, 3.05) is 5.32 Å². The van der Waals surface area contributed by atoms with Crippen molar-refractivity contribution in [3.63, 3.8) is 0 Å². The molecule has 0 radical (unpaired) electrons. The number of carbonyl (C=O) groups is 1. The molecule has 0 fully saturated rings. The first-order valence-corrected chi connectivity index (χ1v) is 7.48. The molecule has 0 aliphatic rings. The van der Waals surface area contributed by atoms with E-state index in [1.165, 1.54) is 0 Å². The predicted octanol–water partition coefficient (Wildman–Crippen LogP) is 4.16. The standard InChI is InChI=1S/C17H12BrN3O/c18-13-6-8-14(9-7-13)19-17(22)16-11-10-15(20-21-16)12-4-2-1-3-5-12/h1-11H,(H,19,22). The maximum absolute atomic E-state index is 12.1. The van der Waals surface area contributed by atoms with Gasteiger partial charge in [-0.05, 0) is 36.4 Å². The van der Waals surface area contributed by atoms with Crippen LogP contribution in [0.1, 0.15) is 10.5 Å². The summed E-state index contributed by atoms with van der Waals surface area (Å²) in [6.07, 6.45) is 0. The van der Waals surface area contributed by atoms with Crippen molar-refractivity contribution in [2.45, 2.75) is 0 Å². The summed E-state index contributed by atoms with van der Waals surface area (Å²) in [5.41, 5.74) is 2.69. The van der Waals surface area contributed by atoms with Crippen LogP contribution in [0.5, 0.6) is 0 Å².